The zero-order valence-corrected chi connectivity index (χ0v) is 12.8. The van der Waals surface area contributed by atoms with E-state index in [0.29, 0.717) is 6.61 Å². The Bertz CT molecular complexity index is 487. The maximum atomic E-state index is 6.01. The molecule has 1 unspecified atom stereocenters. The first-order valence-electron chi connectivity index (χ1n) is 5.76. The Hall–Kier alpha value is -0.580. The summed E-state index contributed by atoms with van der Waals surface area (Å²) in [6.45, 7) is 0.626. The van der Waals surface area contributed by atoms with E-state index in [1.165, 1.54) is 5.56 Å². The molecule has 0 aliphatic heterocycles. The highest BCUT2D eigenvalue weighted by atomic mass is 127. The molecule has 3 heteroatoms. The molecule has 0 aliphatic carbocycles. The average molecular weight is 373 g/mol. The first-order chi connectivity index (χ1) is 8.79. The van der Waals surface area contributed by atoms with Crippen LogP contribution in [0.15, 0.2) is 54.6 Å². The number of halogens is 2. The Morgan fingerprint density at radius 1 is 1.06 bits per heavy atom. The van der Waals surface area contributed by atoms with Crippen LogP contribution in [0.4, 0.5) is 0 Å². The molecule has 18 heavy (non-hydrogen) atoms. The van der Waals surface area contributed by atoms with Gasteiger partial charge in [0.05, 0.1) is 12.7 Å². The van der Waals surface area contributed by atoms with Crippen molar-refractivity contribution in [3.63, 3.8) is 0 Å². The molecule has 2 rings (SSSR count). The quantitative estimate of drug-likeness (QED) is 0.528. The highest BCUT2D eigenvalue weighted by molar-refractivity contribution is 14.1. The van der Waals surface area contributed by atoms with E-state index in [9.17, 15) is 0 Å². The molecule has 94 valence electrons. The molecule has 2 aromatic rings. The molecule has 0 aromatic heterocycles. The van der Waals surface area contributed by atoms with Crippen LogP contribution in [0.2, 0.25) is 5.02 Å². The van der Waals surface area contributed by atoms with E-state index in [4.69, 9.17) is 16.3 Å². The fraction of sp³-hybridized carbons (Fsp3) is 0.200. The van der Waals surface area contributed by atoms with Crippen molar-refractivity contribution in [2.75, 3.05) is 4.43 Å². The minimum absolute atomic E-state index is 0.0875. The number of rotatable bonds is 5. The lowest BCUT2D eigenvalue weighted by Gasteiger charge is -2.16. The molecule has 0 bridgehead atoms. The first kappa shape index (κ1) is 13.8. The summed E-state index contributed by atoms with van der Waals surface area (Å²) in [5.74, 6) is 0. The van der Waals surface area contributed by atoms with E-state index in [1.54, 1.807) is 0 Å². The zero-order chi connectivity index (χ0) is 12.8. The summed E-state index contributed by atoms with van der Waals surface area (Å²) in [5.41, 5.74) is 2.32. The Kier molecular flexibility index (Phi) is 5.47. The number of alkyl halides is 1. The van der Waals surface area contributed by atoms with Gasteiger partial charge in [0.15, 0.2) is 0 Å². The molecule has 2 aromatic carbocycles. The molecule has 0 saturated heterocycles. The Morgan fingerprint density at radius 2 is 1.83 bits per heavy atom. The van der Waals surface area contributed by atoms with Crippen LogP contribution in [0.3, 0.4) is 0 Å². The molecule has 0 amide bonds. The van der Waals surface area contributed by atoms with Crippen LogP contribution in [0.5, 0.6) is 0 Å². The van der Waals surface area contributed by atoms with Crippen LogP contribution in [0.25, 0.3) is 0 Å². The molecule has 0 N–H and O–H groups in total. The molecular formula is C15H14ClIO. The maximum Gasteiger partial charge on any atom is 0.0919 e. The minimum Gasteiger partial charge on any atom is -0.368 e. The topological polar surface area (TPSA) is 9.23 Å². The van der Waals surface area contributed by atoms with Crippen LogP contribution in [0.1, 0.15) is 17.2 Å². The third-order valence-corrected chi connectivity index (χ3v) is 3.69. The van der Waals surface area contributed by atoms with Crippen LogP contribution in [-0.2, 0) is 11.3 Å². The molecular weight excluding hydrogens is 359 g/mol. The predicted molar refractivity (Wildman–Crippen MR) is 84.3 cm³/mol. The Labute approximate surface area is 126 Å². The largest absolute Gasteiger partial charge is 0.368 e. The number of hydrogen-bond donors (Lipinski definition) is 0. The standard InChI is InChI=1S/C15H14ClIO/c16-14-8-4-7-13(9-14)15(10-17)18-11-12-5-2-1-3-6-12/h1-9,15H,10-11H2. The summed E-state index contributed by atoms with van der Waals surface area (Å²) in [5, 5.41) is 0.755. The van der Waals surface area contributed by atoms with Crippen molar-refractivity contribution in [1.29, 1.82) is 0 Å². The molecule has 0 saturated carbocycles. The lowest BCUT2D eigenvalue weighted by molar-refractivity contribution is 0.0577. The summed E-state index contributed by atoms with van der Waals surface area (Å²) < 4.78 is 6.86. The molecule has 0 fully saturated rings. The second-order valence-electron chi connectivity index (χ2n) is 3.99. The van der Waals surface area contributed by atoms with Gasteiger partial charge in [-0.3, -0.25) is 0 Å². The van der Waals surface area contributed by atoms with Crippen molar-refractivity contribution in [1.82, 2.24) is 0 Å². The van der Waals surface area contributed by atoms with Gasteiger partial charge in [0.1, 0.15) is 0 Å². The molecule has 0 heterocycles. The van der Waals surface area contributed by atoms with Gasteiger partial charge in [0, 0.05) is 9.45 Å². The van der Waals surface area contributed by atoms with Crippen LogP contribution in [-0.4, -0.2) is 4.43 Å². The number of benzene rings is 2. The summed E-state index contributed by atoms with van der Waals surface area (Å²) in [6, 6.07) is 18.1. The van der Waals surface area contributed by atoms with E-state index in [1.807, 2.05) is 36.4 Å². The van der Waals surface area contributed by atoms with Crippen LogP contribution >= 0.6 is 34.2 Å². The van der Waals surface area contributed by atoms with Crippen molar-refractivity contribution in [3.8, 4) is 0 Å². The molecule has 0 radical (unpaired) electrons. The zero-order valence-electron chi connectivity index (χ0n) is 9.85. The third-order valence-electron chi connectivity index (χ3n) is 2.65. The second-order valence-corrected chi connectivity index (χ2v) is 5.31. The molecule has 0 spiro atoms. The first-order valence-corrected chi connectivity index (χ1v) is 7.67. The van der Waals surface area contributed by atoms with Crippen molar-refractivity contribution < 1.29 is 4.74 Å². The van der Waals surface area contributed by atoms with Gasteiger partial charge in [-0.25, -0.2) is 0 Å². The predicted octanol–water partition coefficient (Wildman–Crippen LogP) is 5.03. The highest BCUT2D eigenvalue weighted by Gasteiger charge is 2.10. The van der Waals surface area contributed by atoms with Gasteiger partial charge in [-0.1, -0.05) is 76.7 Å². The van der Waals surface area contributed by atoms with Gasteiger partial charge in [0.2, 0.25) is 0 Å². The lowest BCUT2D eigenvalue weighted by atomic mass is 10.1. The van der Waals surface area contributed by atoms with E-state index < -0.39 is 0 Å². The average Bonchev–Trinajstić information content (AvgIpc) is 2.41. The molecule has 1 atom stereocenters. The van der Waals surface area contributed by atoms with E-state index in [-0.39, 0.29) is 6.10 Å². The normalized spacial score (nSPS) is 12.3. The monoisotopic (exact) mass is 372 g/mol. The van der Waals surface area contributed by atoms with Gasteiger partial charge in [-0.05, 0) is 23.3 Å². The SMILES string of the molecule is Clc1cccc(C(CI)OCc2ccccc2)c1. The summed E-state index contributed by atoms with van der Waals surface area (Å²) >= 11 is 8.34. The summed E-state index contributed by atoms with van der Waals surface area (Å²) in [7, 11) is 0. The van der Waals surface area contributed by atoms with Crippen LogP contribution in [0, 0.1) is 0 Å². The van der Waals surface area contributed by atoms with Crippen molar-refractivity contribution >= 4 is 34.2 Å². The van der Waals surface area contributed by atoms with Crippen molar-refractivity contribution in [2.24, 2.45) is 0 Å². The Morgan fingerprint density at radius 3 is 2.50 bits per heavy atom. The van der Waals surface area contributed by atoms with Crippen molar-refractivity contribution in [3.05, 3.63) is 70.7 Å². The summed E-state index contributed by atoms with van der Waals surface area (Å²) in [4.78, 5) is 0. The van der Waals surface area contributed by atoms with Gasteiger partial charge in [-0.15, -0.1) is 0 Å². The maximum absolute atomic E-state index is 6.01. The Balaban J connectivity index is 2.02. The lowest BCUT2D eigenvalue weighted by Crippen LogP contribution is -2.05. The number of ether oxygens (including phenoxy) is 1. The van der Waals surface area contributed by atoms with Crippen molar-refractivity contribution in [2.45, 2.75) is 12.7 Å². The minimum atomic E-state index is 0.0875. The fourth-order valence-corrected chi connectivity index (χ4v) is 2.67. The second kappa shape index (κ2) is 7.12. The van der Waals surface area contributed by atoms with E-state index in [2.05, 4.69) is 40.8 Å². The molecule has 1 nitrogen and oxygen atoms in total. The third kappa shape index (κ3) is 3.97. The van der Waals surface area contributed by atoms with E-state index >= 15 is 0 Å². The highest BCUT2D eigenvalue weighted by Crippen LogP contribution is 2.24. The smallest absolute Gasteiger partial charge is 0.0919 e. The summed E-state index contributed by atoms with van der Waals surface area (Å²) in [6.07, 6.45) is 0.0875. The molecule has 0 aliphatic rings. The van der Waals surface area contributed by atoms with Crippen LogP contribution < -0.4 is 0 Å². The van der Waals surface area contributed by atoms with E-state index in [0.717, 1.165) is 15.0 Å². The van der Waals surface area contributed by atoms with Gasteiger partial charge in [-0.2, -0.15) is 0 Å². The van der Waals surface area contributed by atoms with Gasteiger partial charge >= 0.3 is 0 Å². The number of hydrogen-bond acceptors (Lipinski definition) is 1. The van der Waals surface area contributed by atoms with Gasteiger partial charge < -0.3 is 4.74 Å². The van der Waals surface area contributed by atoms with Gasteiger partial charge in [0.25, 0.3) is 0 Å². The fourth-order valence-electron chi connectivity index (χ4n) is 1.71.